The van der Waals surface area contributed by atoms with E-state index < -0.39 is 0 Å². The molecule has 0 aliphatic heterocycles. The lowest BCUT2D eigenvalue weighted by Crippen LogP contribution is -2.28. The number of hydrogen-bond acceptors (Lipinski definition) is 4. The second-order valence-corrected chi connectivity index (χ2v) is 5.34. The van der Waals surface area contributed by atoms with Gasteiger partial charge >= 0.3 is 0 Å². The molecule has 1 amide bonds. The third-order valence-corrected chi connectivity index (χ3v) is 3.46. The van der Waals surface area contributed by atoms with Gasteiger partial charge in [-0.15, -0.1) is 0 Å². The first-order chi connectivity index (χ1) is 12.3. The average molecular weight is 333 g/mol. The van der Waals surface area contributed by atoms with Crippen molar-refractivity contribution in [1.29, 1.82) is 0 Å². The van der Waals surface area contributed by atoms with Crippen LogP contribution in [0.5, 0.6) is 5.75 Å². The monoisotopic (exact) mass is 333 g/mol. The first kappa shape index (κ1) is 16.5. The Hall–Kier alpha value is -3.34. The Kier molecular flexibility index (Phi) is 5.61. The number of amides is 1. The van der Waals surface area contributed by atoms with Gasteiger partial charge in [0.1, 0.15) is 18.2 Å². The van der Waals surface area contributed by atoms with Crippen molar-refractivity contribution >= 4 is 17.4 Å². The summed E-state index contributed by atoms with van der Waals surface area (Å²) < 4.78 is 5.56. The zero-order chi connectivity index (χ0) is 17.3. The minimum atomic E-state index is -0.138. The van der Waals surface area contributed by atoms with Crippen molar-refractivity contribution in [1.82, 2.24) is 10.3 Å². The van der Waals surface area contributed by atoms with Crippen molar-refractivity contribution in [3.8, 4) is 5.75 Å². The second-order valence-electron chi connectivity index (χ2n) is 5.34. The maximum Gasteiger partial charge on any atom is 0.251 e. The molecular formula is C20H19N3O2. The predicted octanol–water partition coefficient (Wildman–Crippen LogP) is 3.63. The van der Waals surface area contributed by atoms with Crippen LogP contribution < -0.4 is 15.4 Å². The smallest absolute Gasteiger partial charge is 0.251 e. The largest absolute Gasteiger partial charge is 0.492 e. The van der Waals surface area contributed by atoms with Gasteiger partial charge in [-0.3, -0.25) is 4.79 Å². The molecule has 0 fully saturated rings. The molecule has 0 saturated carbocycles. The van der Waals surface area contributed by atoms with Crippen LogP contribution in [-0.4, -0.2) is 24.0 Å². The van der Waals surface area contributed by atoms with Gasteiger partial charge in [0, 0.05) is 17.4 Å². The fourth-order valence-electron chi connectivity index (χ4n) is 2.27. The Labute approximate surface area is 146 Å². The van der Waals surface area contributed by atoms with Gasteiger partial charge in [-0.05, 0) is 42.5 Å². The summed E-state index contributed by atoms with van der Waals surface area (Å²) >= 11 is 0. The van der Waals surface area contributed by atoms with Crippen molar-refractivity contribution in [2.45, 2.75) is 0 Å². The van der Waals surface area contributed by atoms with Crippen LogP contribution in [0.1, 0.15) is 10.4 Å². The van der Waals surface area contributed by atoms with E-state index in [9.17, 15) is 4.79 Å². The molecule has 0 spiro atoms. The van der Waals surface area contributed by atoms with Crippen molar-refractivity contribution in [3.63, 3.8) is 0 Å². The van der Waals surface area contributed by atoms with Crippen LogP contribution in [0, 0.1) is 0 Å². The Morgan fingerprint density at radius 3 is 2.60 bits per heavy atom. The molecule has 25 heavy (non-hydrogen) atoms. The topological polar surface area (TPSA) is 63.2 Å². The molecule has 0 bridgehead atoms. The van der Waals surface area contributed by atoms with Crippen LogP contribution in [-0.2, 0) is 0 Å². The van der Waals surface area contributed by atoms with Crippen molar-refractivity contribution < 1.29 is 9.53 Å². The van der Waals surface area contributed by atoms with Crippen molar-refractivity contribution in [2.75, 3.05) is 18.5 Å². The molecule has 1 aromatic heterocycles. The van der Waals surface area contributed by atoms with E-state index in [1.54, 1.807) is 18.3 Å². The molecule has 1 heterocycles. The minimum absolute atomic E-state index is 0.138. The number of rotatable bonds is 7. The molecule has 0 radical (unpaired) electrons. The summed E-state index contributed by atoms with van der Waals surface area (Å²) in [5, 5.41) is 6.03. The van der Waals surface area contributed by atoms with Crippen LogP contribution in [0.25, 0.3) is 0 Å². The highest BCUT2D eigenvalue weighted by Crippen LogP contribution is 2.15. The Balaban J connectivity index is 1.51. The lowest BCUT2D eigenvalue weighted by atomic mass is 10.2. The average Bonchev–Trinajstić information content (AvgIpc) is 2.67. The highest BCUT2D eigenvalue weighted by atomic mass is 16.5. The molecule has 0 atom stereocenters. The first-order valence-electron chi connectivity index (χ1n) is 8.05. The molecule has 126 valence electrons. The standard InChI is InChI=1S/C20H19N3O2/c24-20(22-13-14-25-18-9-2-1-3-10-18)16-7-6-8-17(15-16)23-19-11-4-5-12-21-19/h1-12,15H,13-14H2,(H,21,23)(H,22,24). The maximum absolute atomic E-state index is 12.3. The number of anilines is 2. The van der Waals surface area contributed by atoms with Gasteiger partial charge < -0.3 is 15.4 Å². The number of hydrogen-bond donors (Lipinski definition) is 2. The van der Waals surface area contributed by atoms with Crippen LogP contribution in [0.2, 0.25) is 0 Å². The summed E-state index contributed by atoms with van der Waals surface area (Å²) in [5.74, 6) is 1.39. The second kappa shape index (κ2) is 8.49. The van der Waals surface area contributed by atoms with E-state index >= 15 is 0 Å². The van der Waals surface area contributed by atoms with E-state index in [-0.39, 0.29) is 5.91 Å². The van der Waals surface area contributed by atoms with E-state index in [2.05, 4.69) is 15.6 Å². The predicted molar refractivity (Wildman–Crippen MR) is 98.2 cm³/mol. The first-order valence-corrected chi connectivity index (χ1v) is 8.05. The van der Waals surface area contributed by atoms with E-state index in [1.165, 1.54) is 0 Å². The number of nitrogens with zero attached hydrogens (tertiary/aromatic N) is 1. The third kappa shape index (κ3) is 5.07. The zero-order valence-electron chi connectivity index (χ0n) is 13.7. The summed E-state index contributed by atoms with van der Waals surface area (Å²) in [7, 11) is 0. The molecule has 2 N–H and O–H groups in total. The highest BCUT2D eigenvalue weighted by molar-refractivity contribution is 5.95. The quantitative estimate of drug-likeness (QED) is 0.648. The van der Waals surface area contributed by atoms with Gasteiger partial charge in [-0.2, -0.15) is 0 Å². The summed E-state index contributed by atoms with van der Waals surface area (Å²) in [5.41, 5.74) is 1.40. The van der Waals surface area contributed by atoms with Gasteiger partial charge in [0.05, 0.1) is 6.54 Å². The lowest BCUT2D eigenvalue weighted by Gasteiger charge is -2.09. The molecule has 5 heteroatoms. The van der Waals surface area contributed by atoms with Crippen LogP contribution in [0.4, 0.5) is 11.5 Å². The Bertz CT molecular complexity index is 807. The number of benzene rings is 2. The van der Waals surface area contributed by atoms with Gasteiger partial charge in [-0.25, -0.2) is 4.98 Å². The van der Waals surface area contributed by atoms with Crippen LogP contribution in [0.15, 0.2) is 79.0 Å². The van der Waals surface area contributed by atoms with Crippen molar-refractivity contribution in [3.05, 3.63) is 84.6 Å². The van der Waals surface area contributed by atoms with Gasteiger partial charge in [-0.1, -0.05) is 30.3 Å². The molecular weight excluding hydrogens is 314 g/mol. The number of aromatic nitrogens is 1. The molecule has 5 nitrogen and oxygen atoms in total. The van der Waals surface area contributed by atoms with E-state index in [4.69, 9.17) is 4.74 Å². The number of pyridine rings is 1. The van der Waals surface area contributed by atoms with Gasteiger partial charge in [0.2, 0.25) is 0 Å². The van der Waals surface area contributed by atoms with E-state index in [0.717, 1.165) is 17.3 Å². The summed E-state index contributed by atoms with van der Waals surface area (Å²) in [6, 6.07) is 22.4. The fourth-order valence-corrected chi connectivity index (χ4v) is 2.27. The number of ether oxygens (including phenoxy) is 1. The van der Waals surface area contributed by atoms with E-state index in [1.807, 2.05) is 60.7 Å². The van der Waals surface area contributed by atoms with Gasteiger partial charge in [0.15, 0.2) is 0 Å². The molecule has 0 aliphatic carbocycles. The number of nitrogens with one attached hydrogen (secondary N) is 2. The van der Waals surface area contributed by atoms with Crippen LogP contribution >= 0.6 is 0 Å². The number of para-hydroxylation sites is 1. The lowest BCUT2D eigenvalue weighted by molar-refractivity contribution is 0.0947. The summed E-state index contributed by atoms with van der Waals surface area (Å²) in [6.45, 7) is 0.854. The molecule has 0 aliphatic rings. The molecule has 3 aromatic rings. The Morgan fingerprint density at radius 1 is 0.960 bits per heavy atom. The van der Waals surface area contributed by atoms with E-state index in [0.29, 0.717) is 18.7 Å². The highest BCUT2D eigenvalue weighted by Gasteiger charge is 2.06. The number of carbonyl (C=O) groups is 1. The normalized spacial score (nSPS) is 10.1. The number of carbonyl (C=O) groups excluding carboxylic acids is 1. The Morgan fingerprint density at radius 2 is 1.80 bits per heavy atom. The third-order valence-electron chi connectivity index (χ3n) is 3.46. The minimum Gasteiger partial charge on any atom is -0.492 e. The summed E-state index contributed by atoms with van der Waals surface area (Å²) in [6.07, 6.45) is 1.71. The molecule has 2 aromatic carbocycles. The van der Waals surface area contributed by atoms with Crippen LogP contribution in [0.3, 0.4) is 0 Å². The molecule has 0 saturated heterocycles. The maximum atomic E-state index is 12.3. The zero-order valence-corrected chi connectivity index (χ0v) is 13.7. The summed E-state index contributed by atoms with van der Waals surface area (Å²) in [4.78, 5) is 16.5. The molecule has 3 rings (SSSR count). The SMILES string of the molecule is O=C(NCCOc1ccccc1)c1cccc(Nc2ccccn2)c1. The molecule has 0 unspecified atom stereocenters. The van der Waals surface area contributed by atoms with Gasteiger partial charge in [0.25, 0.3) is 5.91 Å². The fraction of sp³-hybridized carbons (Fsp3) is 0.100. The van der Waals surface area contributed by atoms with Crippen molar-refractivity contribution in [2.24, 2.45) is 0 Å².